The molecular weight excluding hydrogens is 504 g/mol. The monoisotopic (exact) mass is 568 g/mol. The Bertz CT molecular complexity index is 857. The third kappa shape index (κ3) is 12.2. The Hall–Kier alpha value is -1.78. The van der Waals surface area contributed by atoms with Crippen LogP contribution in [0.5, 0.6) is 11.5 Å². The lowest BCUT2D eigenvalue weighted by Crippen LogP contribution is -2.24. The second-order valence-electron chi connectivity index (χ2n) is 12.2. The molecule has 0 radical (unpaired) electrons. The summed E-state index contributed by atoms with van der Waals surface area (Å²) >= 11 is 0. The van der Waals surface area contributed by atoms with Crippen molar-refractivity contribution >= 4 is 0 Å². The number of aryl methyl sites for hydroxylation is 1. The molecule has 2 rings (SSSR count). The number of benzene rings is 1. The van der Waals surface area contributed by atoms with E-state index in [-0.39, 0.29) is 5.92 Å². The van der Waals surface area contributed by atoms with Crippen LogP contribution in [0.25, 0.3) is 0 Å². The van der Waals surface area contributed by atoms with E-state index in [0.29, 0.717) is 5.92 Å². The zero-order valence-corrected chi connectivity index (χ0v) is 28.0. The van der Waals surface area contributed by atoms with Crippen molar-refractivity contribution in [1.82, 2.24) is 9.80 Å². The molecule has 2 atom stereocenters. The van der Waals surface area contributed by atoms with Gasteiger partial charge in [-0.05, 0) is 128 Å². The summed E-state index contributed by atoms with van der Waals surface area (Å²) in [5, 5.41) is 0. The van der Waals surface area contributed by atoms with Gasteiger partial charge >= 0.3 is 0 Å². The van der Waals surface area contributed by atoms with E-state index in [1.54, 1.807) is 0 Å². The maximum Gasteiger partial charge on any atom is 0.127 e. The van der Waals surface area contributed by atoms with Crippen LogP contribution in [-0.4, -0.2) is 62.3 Å². The minimum Gasteiger partial charge on any atom is -0.493 e. The Balaban J connectivity index is 2.35. The topological polar surface area (TPSA) is 24.9 Å². The van der Waals surface area contributed by atoms with Crippen LogP contribution in [0.4, 0.5) is 0 Å². The summed E-state index contributed by atoms with van der Waals surface area (Å²) in [5.41, 5.74) is 5.33. The summed E-state index contributed by atoms with van der Waals surface area (Å²) < 4.78 is 13.4. The largest absolute Gasteiger partial charge is 0.493 e. The molecule has 1 aromatic carbocycles. The Kier molecular flexibility index (Phi) is 17.4. The normalized spacial score (nSPS) is 17.2. The van der Waals surface area contributed by atoms with Crippen LogP contribution in [0, 0.1) is 5.92 Å². The first-order valence-corrected chi connectivity index (χ1v) is 17.1. The lowest BCUT2D eigenvalue weighted by Gasteiger charge is -2.33. The van der Waals surface area contributed by atoms with Gasteiger partial charge in [0.2, 0.25) is 0 Å². The van der Waals surface area contributed by atoms with Gasteiger partial charge in [-0.1, -0.05) is 71.3 Å². The van der Waals surface area contributed by atoms with Gasteiger partial charge < -0.3 is 19.3 Å². The summed E-state index contributed by atoms with van der Waals surface area (Å²) in [5.74, 6) is 2.76. The van der Waals surface area contributed by atoms with Gasteiger partial charge in [0, 0.05) is 11.5 Å². The van der Waals surface area contributed by atoms with E-state index in [1.165, 1.54) is 54.4 Å². The number of unbranched alkanes of at least 4 members (excludes halogenated alkanes) is 4. The fourth-order valence-electron chi connectivity index (χ4n) is 6.17. The van der Waals surface area contributed by atoms with Crippen molar-refractivity contribution in [3.63, 3.8) is 0 Å². The van der Waals surface area contributed by atoms with Crippen LogP contribution in [0.2, 0.25) is 0 Å². The van der Waals surface area contributed by atoms with E-state index in [4.69, 9.17) is 9.47 Å². The van der Waals surface area contributed by atoms with Gasteiger partial charge in [-0.25, -0.2) is 0 Å². The fourth-order valence-corrected chi connectivity index (χ4v) is 6.17. The molecule has 0 bridgehead atoms. The fraction of sp³-hybridized carbons (Fsp3) is 0.730. The van der Waals surface area contributed by atoms with Crippen LogP contribution in [-0.2, 0) is 6.42 Å². The highest BCUT2D eigenvalue weighted by Gasteiger charge is 2.31. The Morgan fingerprint density at radius 3 is 1.80 bits per heavy atom. The highest BCUT2D eigenvalue weighted by Crippen LogP contribution is 2.47. The van der Waals surface area contributed by atoms with E-state index < -0.39 is 0 Å². The van der Waals surface area contributed by atoms with Crippen LogP contribution in [0.15, 0.2) is 35.9 Å². The van der Waals surface area contributed by atoms with Crippen molar-refractivity contribution in [2.45, 2.75) is 119 Å². The molecule has 0 N–H and O–H groups in total. The molecule has 1 aliphatic rings. The van der Waals surface area contributed by atoms with E-state index in [1.807, 2.05) is 0 Å². The van der Waals surface area contributed by atoms with E-state index in [2.05, 4.69) is 83.1 Å². The number of nitrogens with zero attached hydrogens (tertiary/aromatic N) is 2. The van der Waals surface area contributed by atoms with Gasteiger partial charge in [-0.2, -0.15) is 0 Å². The summed E-state index contributed by atoms with van der Waals surface area (Å²) in [6.45, 7) is 28.4. The molecular formula is C37H64N2O2. The molecule has 0 spiro atoms. The summed E-state index contributed by atoms with van der Waals surface area (Å²) in [6, 6.07) is 4.69. The third-order valence-electron chi connectivity index (χ3n) is 8.99. The maximum atomic E-state index is 6.71. The average molecular weight is 569 g/mol. The number of ether oxygens (including phenoxy) is 2. The molecule has 4 nitrogen and oxygen atoms in total. The molecule has 1 aliphatic carbocycles. The molecule has 0 unspecified atom stereocenters. The van der Waals surface area contributed by atoms with Crippen LogP contribution < -0.4 is 9.47 Å². The second kappa shape index (κ2) is 20.2. The predicted molar refractivity (Wildman–Crippen MR) is 179 cm³/mol. The first-order valence-electron chi connectivity index (χ1n) is 17.1. The van der Waals surface area contributed by atoms with Gasteiger partial charge in [-0.15, -0.1) is 0 Å². The summed E-state index contributed by atoms with van der Waals surface area (Å²) in [6.07, 6.45) is 14.0. The van der Waals surface area contributed by atoms with Crippen molar-refractivity contribution in [3.8, 4) is 11.5 Å². The third-order valence-corrected chi connectivity index (χ3v) is 8.99. The first-order chi connectivity index (χ1) is 19.9. The van der Waals surface area contributed by atoms with E-state index in [0.717, 1.165) is 96.1 Å². The van der Waals surface area contributed by atoms with Crippen molar-refractivity contribution in [2.24, 2.45) is 5.92 Å². The Morgan fingerprint density at radius 1 is 0.805 bits per heavy atom. The van der Waals surface area contributed by atoms with Crippen molar-refractivity contribution < 1.29 is 9.47 Å². The SMILES string of the molecule is C=C(C)[C@@H]1CCC(C)=C[C@H]1c1c(OCCCCN(CC)CC)cc(CCCCC)cc1OCCCCN(CC)CC. The molecule has 0 fully saturated rings. The highest BCUT2D eigenvalue weighted by molar-refractivity contribution is 5.53. The zero-order valence-electron chi connectivity index (χ0n) is 28.0. The van der Waals surface area contributed by atoms with Crippen molar-refractivity contribution in [3.05, 3.63) is 47.1 Å². The van der Waals surface area contributed by atoms with Gasteiger partial charge in [0.25, 0.3) is 0 Å². The van der Waals surface area contributed by atoms with Crippen LogP contribution in [0.1, 0.15) is 123 Å². The number of hydrogen-bond donors (Lipinski definition) is 0. The number of rotatable bonds is 22. The van der Waals surface area contributed by atoms with Crippen molar-refractivity contribution in [2.75, 3.05) is 52.5 Å². The van der Waals surface area contributed by atoms with Gasteiger partial charge in [0.15, 0.2) is 0 Å². The molecule has 0 aliphatic heterocycles. The number of allylic oxidation sites excluding steroid dienone is 3. The van der Waals surface area contributed by atoms with E-state index in [9.17, 15) is 0 Å². The summed E-state index contributed by atoms with van der Waals surface area (Å²) in [4.78, 5) is 5.00. The second-order valence-corrected chi connectivity index (χ2v) is 12.2. The zero-order chi connectivity index (χ0) is 30.0. The van der Waals surface area contributed by atoms with Crippen LogP contribution >= 0.6 is 0 Å². The number of hydrogen-bond acceptors (Lipinski definition) is 4. The highest BCUT2D eigenvalue weighted by atomic mass is 16.5. The minimum absolute atomic E-state index is 0.252. The van der Waals surface area contributed by atoms with Gasteiger partial charge in [0.05, 0.1) is 13.2 Å². The molecule has 4 heteroatoms. The molecule has 0 saturated carbocycles. The van der Waals surface area contributed by atoms with Crippen LogP contribution in [0.3, 0.4) is 0 Å². The van der Waals surface area contributed by atoms with Gasteiger partial charge in [0.1, 0.15) is 11.5 Å². The van der Waals surface area contributed by atoms with Crippen molar-refractivity contribution in [1.29, 1.82) is 0 Å². The molecule has 0 saturated heterocycles. The standard InChI is InChI=1S/C37H64N2O2/c1-9-14-15-20-32-28-35(40-25-18-16-23-38(10-2)11-3)37(34-27-31(8)21-22-33(34)30(6)7)36(29-32)41-26-19-17-24-39(12-4)13-5/h27-29,33-34H,6,9-26H2,1-5,7-8H3/t33-,34+/m0/s1. The van der Waals surface area contributed by atoms with Gasteiger partial charge in [-0.3, -0.25) is 0 Å². The lowest BCUT2D eigenvalue weighted by molar-refractivity contribution is 0.254. The smallest absolute Gasteiger partial charge is 0.127 e. The molecule has 234 valence electrons. The molecule has 0 heterocycles. The lowest BCUT2D eigenvalue weighted by atomic mass is 9.73. The molecule has 1 aromatic rings. The molecule has 0 aromatic heterocycles. The summed E-state index contributed by atoms with van der Waals surface area (Å²) in [7, 11) is 0. The Labute approximate surface area is 254 Å². The molecule has 0 amide bonds. The Morgan fingerprint density at radius 2 is 1.34 bits per heavy atom. The quantitative estimate of drug-likeness (QED) is 0.103. The molecule has 41 heavy (non-hydrogen) atoms. The van der Waals surface area contributed by atoms with E-state index >= 15 is 0 Å². The maximum absolute atomic E-state index is 6.71. The first kappa shape index (κ1) is 35.4. The predicted octanol–water partition coefficient (Wildman–Crippen LogP) is 9.44. The minimum atomic E-state index is 0.252. The average Bonchev–Trinajstić information content (AvgIpc) is 2.96.